The third kappa shape index (κ3) is 2.26. The van der Waals surface area contributed by atoms with E-state index in [1.54, 1.807) is 0 Å². The van der Waals surface area contributed by atoms with E-state index in [4.69, 9.17) is 13.3 Å². The van der Waals surface area contributed by atoms with Crippen molar-refractivity contribution in [3.05, 3.63) is 0 Å². The van der Waals surface area contributed by atoms with Gasteiger partial charge in [0.15, 0.2) is 0 Å². The Morgan fingerprint density at radius 2 is 1.46 bits per heavy atom. The minimum Gasteiger partial charge on any atom is -0.372 e. The standard InChI is InChI=1S/C7H15NO3SSi/c12-7-13-9-4-1-8(2-5-10-13)3-6-11-13/h12H,1-7H2. The normalized spacial score (nSPS) is 40.8. The van der Waals surface area contributed by atoms with Crippen LogP contribution in [-0.2, 0) is 13.3 Å². The molecule has 13 heavy (non-hydrogen) atoms. The molecule has 3 saturated heterocycles. The summed E-state index contributed by atoms with van der Waals surface area (Å²) in [6, 6.07) is 0. The number of hydrogen-bond acceptors (Lipinski definition) is 5. The maximum Gasteiger partial charge on any atom is 0.511 e. The predicted octanol–water partition coefficient (Wildman–Crippen LogP) is -0.227. The van der Waals surface area contributed by atoms with Gasteiger partial charge in [0.25, 0.3) is 0 Å². The highest BCUT2D eigenvalue weighted by molar-refractivity contribution is 7.82. The largest absolute Gasteiger partial charge is 0.511 e. The molecule has 2 bridgehead atoms. The van der Waals surface area contributed by atoms with E-state index in [0.717, 1.165) is 19.6 Å². The van der Waals surface area contributed by atoms with Crippen LogP contribution in [0.3, 0.4) is 0 Å². The van der Waals surface area contributed by atoms with Crippen LogP contribution >= 0.6 is 12.6 Å². The molecule has 0 aromatic carbocycles. The molecule has 0 unspecified atom stereocenters. The lowest BCUT2D eigenvalue weighted by molar-refractivity contribution is -0.00437. The van der Waals surface area contributed by atoms with Crippen molar-refractivity contribution in [2.45, 2.75) is 0 Å². The third-order valence-electron chi connectivity index (χ3n) is 2.38. The number of thiol groups is 1. The summed E-state index contributed by atoms with van der Waals surface area (Å²) in [6.07, 6.45) is 0. The van der Waals surface area contributed by atoms with Crippen LogP contribution in [0.4, 0.5) is 0 Å². The van der Waals surface area contributed by atoms with Gasteiger partial charge in [0, 0.05) is 19.6 Å². The molecular weight excluding hydrogens is 206 g/mol. The van der Waals surface area contributed by atoms with Gasteiger partial charge >= 0.3 is 8.80 Å². The van der Waals surface area contributed by atoms with Crippen molar-refractivity contribution in [1.29, 1.82) is 0 Å². The average Bonchev–Trinajstić information content (AvgIpc) is 2.01. The summed E-state index contributed by atoms with van der Waals surface area (Å²) in [6.45, 7) is 5.13. The Balaban J connectivity index is 2.07. The van der Waals surface area contributed by atoms with E-state index < -0.39 is 8.80 Å². The first-order valence-electron chi connectivity index (χ1n) is 4.60. The maximum atomic E-state index is 5.67. The summed E-state index contributed by atoms with van der Waals surface area (Å²) in [5, 5.41) is 0.590. The molecule has 0 aromatic heterocycles. The van der Waals surface area contributed by atoms with Crippen LogP contribution in [0.25, 0.3) is 0 Å². The minimum atomic E-state index is -2.36. The van der Waals surface area contributed by atoms with Gasteiger partial charge in [-0.3, -0.25) is 4.90 Å². The van der Waals surface area contributed by atoms with E-state index in [1.165, 1.54) is 0 Å². The average molecular weight is 221 g/mol. The van der Waals surface area contributed by atoms with Crippen LogP contribution in [-0.4, -0.2) is 58.5 Å². The van der Waals surface area contributed by atoms with Crippen molar-refractivity contribution in [1.82, 2.24) is 4.90 Å². The molecule has 76 valence electrons. The molecule has 0 aliphatic carbocycles. The quantitative estimate of drug-likeness (QED) is 0.490. The Kier molecular flexibility index (Phi) is 3.28. The lowest BCUT2D eigenvalue weighted by atomic mass is 10.4. The Morgan fingerprint density at radius 3 is 1.85 bits per heavy atom. The molecule has 0 radical (unpaired) electrons. The zero-order valence-electron chi connectivity index (χ0n) is 7.57. The van der Waals surface area contributed by atoms with Crippen molar-refractivity contribution < 1.29 is 13.3 Å². The Labute approximate surface area is 84.9 Å². The summed E-state index contributed by atoms with van der Waals surface area (Å²) in [5.74, 6) is 0. The molecule has 3 fully saturated rings. The summed E-state index contributed by atoms with van der Waals surface area (Å²) in [7, 11) is -2.36. The number of hydrogen-bond donors (Lipinski definition) is 1. The second-order valence-corrected chi connectivity index (χ2v) is 6.73. The SMILES string of the molecule is SC[Si]12OCCN(CCO1)CCO2. The smallest absolute Gasteiger partial charge is 0.372 e. The molecule has 6 heteroatoms. The highest BCUT2D eigenvalue weighted by Crippen LogP contribution is 2.16. The van der Waals surface area contributed by atoms with E-state index in [-0.39, 0.29) is 0 Å². The monoisotopic (exact) mass is 221 g/mol. The van der Waals surface area contributed by atoms with E-state index in [9.17, 15) is 0 Å². The summed E-state index contributed by atoms with van der Waals surface area (Å²) < 4.78 is 17.0. The summed E-state index contributed by atoms with van der Waals surface area (Å²) in [5.41, 5.74) is 0. The van der Waals surface area contributed by atoms with E-state index >= 15 is 0 Å². The first-order valence-corrected chi connectivity index (χ1v) is 7.16. The van der Waals surface area contributed by atoms with Gasteiger partial charge in [0.2, 0.25) is 0 Å². The lowest BCUT2D eigenvalue weighted by Gasteiger charge is -2.37. The molecule has 3 heterocycles. The van der Waals surface area contributed by atoms with Crippen molar-refractivity contribution in [3.63, 3.8) is 0 Å². The van der Waals surface area contributed by atoms with Crippen LogP contribution in [0.1, 0.15) is 0 Å². The predicted molar refractivity (Wildman–Crippen MR) is 53.9 cm³/mol. The number of nitrogens with zero attached hydrogens (tertiary/aromatic N) is 1. The highest BCUT2D eigenvalue weighted by atomic mass is 32.1. The first-order chi connectivity index (χ1) is 6.35. The first kappa shape index (κ1) is 9.94. The van der Waals surface area contributed by atoms with E-state index in [2.05, 4.69) is 17.5 Å². The van der Waals surface area contributed by atoms with Gasteiger partial charge in [0.1, 0.15) is 0 Å². The van der Waals surface area contributed by atoms with Crippen LogP contribution in [0.5, 0.6) is 0 Å². The zero-order chi connectivity index (χ0) is 9.15. The molecule has 0 spiro atoms. The van der Waals surface area contributed by atoms with Gasteiger partial charge in [-0.15, -0.1) is 0 Å². The molecule has 0 aromatic rings. The molecule has 0 saturated carbocycles. The molecule has 3 aliphatic rings. The maximum absolute atomic E-state index is 5.67. The molecule has 3 aliphatic heterocycles. The summed E-state index contributed by atoms with van der Waals surface area (Å²) >= 11 is 4.26. The molecule has 4 nitrogen and oxygen atoms in total. The van der Waals surface area contributed by atoms with Gasteiger partial charge in [-0.2, -0.15) is 12.6 Å². The molecule has 0 amide bonds. The van der Waals surface area contributed by atoms with Crippen LogP contribution in [0.15, 0.2) is 0 Å². The lowest BCUT2D eigenvalue weighted by Crippen LogP contribution is -2.56. The molecular formula is C7H15NO3SSi. The fourth-order valence-corrected chi connectivity index (χ4v) is 4.14. The second kappa shape index (κ2) is 4.29. The van der Waals surface area contributed by atoms with Crippen molar-refractivity contribution in [2.24, 2.45) is 0 Å². The van der Waals surface area contributed by atoms with Crippen molar-refractivity contribution >= 4 is 21.4 Å². The molecule has 0 atom stereocenters. The minimum absolute atomic E-state index is 0.590. The van der Waals surface area contributed by atoms with Crippen LogP contribution in [0.2, 0.25) is 0 Å². The fourth-order valence-electron chi connectivity index (χ4n) is 1.59. The molecule has 0 N–H and O–H groups in total. The summed E-state index contributed by atoms with van der Waals surface area (Å²) in [4.78, 5) is 2.30. The highest BCUT2D eigenvalue weighted by Gasteiger charge is 2.42. The van der Waals surface area contributed by atoms with Crippen LogP contribution in [0, 0.1) is 0 Å². The van der Waals surface area contributed by atoms with Crippen molar-refractivity contribution in [3.8, 4) is 0 Å². The van der Waals surface area contributed by atoms with Crippen LogP contribution < -0.4 is 0 Å². The van der Waals surface area contributed by atoms with Gasteiger partial charge in [-0.25, -0.2) is 0 Å². The number of rotatable bonds is 1. The molecule has 3 rings (SSSR count). The Hall–Kier alpha value is 0.407. The van der Waals surface area contributed by atoms with Gasteiger partial charge in [-0.05, 0) is 0 Å². The van der Waals surface area contributed by atoms with Crippen molar-refractivity contribution in [2.75, 3.05) is 44.8 Å². The van der Waals surface area contributed by atoms with E-state index in [0.29, 0.717) is 25.2 Å². The Bertz CT molecular complexity index is 157. The fraction of sp³-hybridized carbons (Fsp3) is 1.00. The third-order valence-corrected chi connectivity index (χ3v) is 5.86. The zero-order valence-corrected chi connectivity index (χ0v) is 9.46. The topological polar surface area (TPSA) is 30.9 Å². The van der Waals surface area contributed by atoms with E-state index in [1.807, 2.05) is 0 Å². The Morgan fingerprint density at radius 1 is 1.00 bits per heavy atom. The van der Waals surface area contributed by atoms with Gasteiger partial charge < -0.3 is 13.3 Å². The van der Waals surface area contributed by atoms with Gasteiger partial charge in [0.05, 0.1) is 25.2 Å². The van der Waals surface area contributed by atoms with Gasteiger partial charge in [-0.1, -0.05) is 0 Å². The second-order valence-electron chi connectivity index (χ2n) is 3.23. The number of fused-ring (bicyclic) bond motifs is 6.